The van der Waals surface area contributed by atoms with Gasteiger partial charge >= 0.3 is 0 Å². The van der Waals surface area contributed by atoms with Gasteiger partial charge in [0.25, 0.3) is 5.91 Å². The van der Waals surface area contributed by atoms with E-state index in [0.29, 0.717) is 18.0 Å². The fraction of sp³-hybridized carbons (Fsp3) is 0.333. The Morgan fingerprint density at radius 1 is 1.29 bits per heavy atom. The fourth-order valence-corrected chi connectivity index (χ4v) is 3.01. The zero-order chi connectivity index (χ0) is 20.3. The Morgan fingerprint density at radius 2 is 2.07 bits per heavy atom. The average molecular weight is 449 g/mol. The largest absolute Gasteiger partial charge is 0.467 e. The second-order valence-electron chi connectivity index (χ2n) is 6.33. The minimum atomic E-state index is -0.394. The lowest BCUT2D eigenvalue weighted by atomic mass is 10.3. The summed E-state index contributed by atoms with van der Waals surface area (Å²) in [5.74, 6) is 0.0115. The number of furan rings is 1. The Labute approximate surface area is 170 Å². The molecule has 0 saturated carbocycles. The number of aryl methyl sites for hydroxylation is 3. The summed E-state index contributed by atoms with van der Waals surface area (Å²) in [7, 11) is 1.69. The van der Waals surface area contributed by atoms with Gasteiger partial charge in [0, 0.05) is 25.4 Å². The SMILES string of the molecule is Cc1nn(CCC(=O)Nc2cn(C)nc2C(=O)NCc2ccco2)c(C)c1Br. The third kappa shape index (κ3) is 4.50. The first kappa shape index (κ1) is 19.9. The van der Waals surface area contributed by atoms with Gasteiger partial charge in [-0.1, -0.05) is 0 Å². The van der Waals surface area contributed by atoms with E-state index in [0.717, 1.165) is 15.9 Å². The summed E-state index contributed by atoms with van der Waals surface area (Å²) >= 11 is 3.47. The van der Waals surface area contributed by atoms with Crippen molar-refractivity contribution in [1.29, 1.82) is 0 Å². The van der Waals surface area contributed by atoms with E-state index < -0.39 is 5.91 Å². The molecule has 0 unspecified atom stereocenters. The van der Waals surface area contributed by atoms with Crippen molar-refractivity contribution in [3.8, 4) is 0 Å². The van der Waals surface area contributed by atoms with Gasteiger partial charge in [-0.2, -0.15) is 10.2 Å². The predicted octanol–water partition coefficient (Wildman–Crippen LogP) is 2.55. The van der Waals surface area contributed by atoms with Crippen molar-refractivity contribution >= 4 is 33.4 Å². The van der Waals surface area contributed by atoms with E-state index in [2.05, 4.69) is 36.8 Å². The van der Waals surface area contributed by atoms with Crippen LogP contribution in [0.5, 0.6) is 0 Å². The molecule has 10 heteroatoms. The summed E-state index contributed by atoms with van der Waals surface area (Å²) in [4.78, 5) is 24.8. The Balaban J connectivity index is 1.61. The van der Waals surface area contributed by atoms with Crippen LogP contribution in [-0.4, -0.2) is 31.4 Å². The lowest BCUT2D eigenvalue weighted by molar-refractivity contribution is -0.116. The van der Waals surface area contributed by atoms with Crippen LogP contribution in [0, 0.1) is 13.8 Å². The van der Waals surface area contributed by atoms with Crippen LogP contribution >= 0.6 is 15.9 Å². The number of nitrogens with zero attached hydrogens (tertiary/aromatic N) is 4. The fourth-order valence-electron chi connectivity index (χ4n) is 2.72. The summed E-state index contributed by atoms with van der Waals surface area (Å²) < 4.78 is 9.39. The molecule has 148 valence electrons. The first-order valence-electron chi connectivity index (χ1n) is 8.68. The number of halogens is 1. The van der Waals surface area contributed by atoms with Crippen LogP contribution in [0.15, 0.2) is 33.5 Å². The van der Waals surface area contributed by atoms with Crippen LogP contribution < -0.4 is 10.6 Å². The summed E-state index contributed by atoms with van der Waals surface area (Å²) in [6.07, 6.45) is 3.35. The number of rotatable bonds is 7. The topological polar surface area (TPSA) is 107 Å². The van der Waals surface area contributed by atoms with E-state index in [1.807, 2.05) is 13.8 Å². The quantitative estimate of drug-likeness (QED) is 0.577. The molecule has 0 aliphatic carbocycles. The Hall–Kier alpha value is -2.88. The first-order valence-corrected chi connectivity index (χ1v) is 9.48. The molecule has 0 bridgehead atoms. The molecule has 0 aliphatic rings. The highest BCUT2D eigenvalue weighted by Crippen LogP contribution is 2.20. The number of anilines is 1. The predicted molar refractivity (Wildman–Crippen MR) is 106 cm³/mol. The standard InChI is InChI=1S/C18H21BrN6O3/c1-11-16(19)12(2)25(22-11)7-6-15(26)21-14-10-24(3)23-17(14)18(27)20-9-13-5-4-8-28-13/h4-5,8,10H,6-7,9H2,1-3H3,(H,20,27)(H,21,26). The molecule has 3 heterocycles. The molecule has 0 radical (unpaired) electrons. The molecule has 2 N–H and O–H groups in total. The molecule has 0 fully saturated rings. The van der Waals surface area contributed by atoms with Crippen molar-refractivity contribution in [2.75, 3.05) is 5.32 Å². The van der Waals surface area contributed by atoms with E-state index in [1.165, 1.54) is 10.9 Å². The molecular formula is C18H21BrN6O3. The second-order valence-corrected chi connectivity index (χ2v) is 7.13. The summed E-state index contributed by atoms with van der Waals surface area (Å²) in [6.45, 7) is 4.51. The number of hydrogen-bond acceptors (Lipinski definition) is 5. The highest BCUT2D eigenvalue weighted by atomic mass is 79.9. The normalized spacial score (nSPS) is 10.9. The molecule has 0 aliphatic heterocycles. The zero-order valence-electron chi connectivity index (χ0n) is 15.8. The van der Waals surface area contributed by atoms with Crippen LogP contribution in [0.1, 0.15) is 34.1 Å². The Bertz CT molecular complexity index is 990. The van der Waals surface area contributed by atoms with Crippen LogP contribution in [0.4, 0.5) is 5.69 Å². The van der Waals surface area contributed by atoms with Gasteiger partial charge in [-0.3, -0.25) is 19.0 Å². The Morgan fingerprint density at radius 3 is 2.71 bits per heavy atom. The summed E-state index contributed by atoms with van der Waals surface area (Å²) in [6, 6.07) is 3.51. The number of carbonyl (C=O) groups excluding carboxylic acids is 2. The minimum absolute atomic E-state index is 0.149. The molecule has 0 spiro atoms. The molecule has 9 nitrogen and oxygen atoms in total. The van der Waals surface area contributed by atoms with E-state index in [9.17, 15) is 9.59 Å². The Kier molecular flexibility index (Phi) is 5.98. The van der Waals surface area contributed by atoms with Gasteiger partial charge < -0.3 is 15.1 Å². The lowest BCUT2D eigenvalue weighted by Crippen LogP contribution is -2.25. The van der Waals surface area contributed by atoms with Crippen molar-refractivity contribution in [3.63, 3.8) is 0 Å². The van der Waals surface area contributed by atoms with Gasteiger partial charge in [0.05, 0.1) is 35.2 Å². The lowest BCUT2D eigenvalue weighted by Gasteiger charge is -2.07. The van der Waals surface area contributed by atoms with Crippen LogP contribution in [0.25, 0.3) is 0 Å². The van der Waals surface area contributed by atoms with Crippen molar-refractivity contribution in [3.05, 3.63) is 51.9 Å². The summed E-state index contributed by atoms with van der Waals surface area (Å²) in [5.41, 5.74) is 2.35. The van der Waals surface area contributed by atoms with Crippen molar-refractivity contribution < 1.29 is 14.0 Å². The minimum Gasteiger partial charge on any atom is -0.467 e. The number of hydrogen-bond donors (Lipinski definition) is 2. The maximum absolute atomic E-state index is 12.4. The molecule has 0 saturated heterocycles. The van der Waals surface area contributed by atoms with Crippen molar-refractivity contribution in [2.45, 2.75) is 33.4 Å². The molecular weight excluding hydrogens is 428 g/mol. The second kappa shape index (κ2) is 8.42. The molecule has 28 heavy (non-hydrogen) atoms. The van der Waals surface area contributed by atoms with Gasteiger partial charge in [0.2, 0.25) is 5.91 Å². The third-order valence-corrected chi connectivity index (χ3v) is 5.31. The molecule has 2 amide bonds. The van der Waals surface area contributed by atoms with Crippen LogP contribution in [0.3, 0.4) is 0 Å². The zero-order valence-corrected chi connectivity index (χ0v) is 17.4. The van der Waals surface area contributed by atoms with E-state index in [4.69, 9.17) is 4.42 Å². The van der Waals surface area contributed by atoms with Crippen LogP contribution in [0.2, 0.25) is 0 Å². The van der Waals surface area contributed by atoms with Gasteiger partial charge in [-0.15, -0.1) is 0 Å². The van der Waals surface area contributed by atoms with E-state index >= 15 is 0 Å². The van der Waals surface area contributed by atoms with Gasteiger partial charge in [-0.05, 0) is 41.9 Å². The number of carbonyl (C=O) groups is 2. The molecule has 3 rings (SSSR count). The monoisotopic (exact) mass is 448 g/mol. The molecule has 0 atom stereocenters. The molecule has 3 aromatic heterocycles. The van der Waals surface area contributed by atoms with E-state index in [1.54, 1.807) is 30.1 Å². The first-order chi connectivity index (χ1) is 13.3. The van der Waals surface area contributed by atoms with Crippen molar-refractivity contribution in [2.24, 2.45) is 7.05 Å². The summed E-state index contributed by atoms with van der Waals surface area (Å²) in [5, 5.41) is 14.0. The van der Waals surface area contributed by atoms with Gasteiger partial charge in [-0.25, -0.2) is 0 Å². The smallest absolute Gasteiger partial charge is 0.274 e. The number of aromatic nitrogens is 4. The molecule has 3 aromatic rings. The third-order valence-electron chi connectivity index (χ3n) is 4.17. The molecule has 0 aromatic carbocycles. The highest BCUT2D eigenvalue weighted by molar-refractivity contribution is 9.10. The van der Waals surface area contributed by atoms with Crippen LogP contribution in [-0.2, 0) is 24.9 Å². The van der Waals surface area contributed by atoms with Gasteiger partial charge in [0.1, 0.15) is 5.76 Å². The number of amides is 2. The number of nitrogens with one attached hydrogen (secondary N) is 2. The van der Waals surface area contributed by atoms with E-state index in [-0.39, 0.29) is 24.6 Å². The maximum atomic E-state index is 12.4. The highest BCUT2D eigenvalue weighted by Gasteiger charge is 2.18. The van der Waals surface area contributed by atoms with Crippen molar-refractivity contribution in [1.82, 2.24) is 24.9 Å². The maximum Gasteiger partial charge on any atom is 0.274 e. The average Bonchev–Trinajstić information content (AvgIpc) is 3.36. The van der Waals surface area contributed by atoms with Gasteiger partial charge in [0.15, 0.2) is 5.69 Å².